The fourth-order valence-electron chi connectivity index (χ4n) is 1.55. The number of carbonyl (C=O) groups is 2. The summed E-state index contributed by atoms with van der Waals surface area (Å²) in [5.41, 5.74) is 5.46. The van der Waals surface area contributed by atoms with E-state index in [1.165, 1.54) is 7.11 Å². The first-order valence-corrected chi connectivity index (χ1v) is 7.69. The van der Waals surface area contributed by atoms with E-state index in [1.807, 2.05) is 20.8 Å². The van der Waals surface area contributed by atoms with Crippen molar-refractivity contribution >= 4 is 23.6 Å². The molecule has 5 nitrogen and oxygen atoms in total. The molecule has 0 saturated carbocycles. The van der Waals surface area contributed by atoms with Crippen molar-refractivity contribution < 1.29 is 14.3 Å². The van der Waals surface area contributed by atoms with Gasteiger partial charge >= 0.3 is 5.97 Å². The Hall–Kier alpha value is -0.750. The van der Waals surface area contributed by atoms with Crippen molar-refractivity contribution in [2.45, 2.75) is 44.9 Å². The normalized spacial score (nSPS) is 15.4. The van der Waals surface area contributed by atoms with Crippen LogP contribution in [-0.4, -0.2) is 42.6 Å². The van der Waals surface area contributed by atoms with Gasteiger partial charge in [-0.1, -0.05) is 27.2 Å². The molecule has 19 heavy (non-hydrogen) atoms. The Morgan fingerprint density at radius 2 is 2.00 bits per heavy atom. The van der Waals surface area contributed by atoms with Gasteiger partial charge in [0.25, 0.3) is 0 Å². The predicted octanol–water partition coefficient (Wildman–Crippen LogP) is 1.16. The molecule has 3 unspecified atom stereocenters. The van der Waals surface area contributed by atoms with Crippen LogP contribution in [0.3, 0.4) is 0 Å². The minimum atomic E-state index is -0.562. The first-order chi connectivity index (χ1) is 8.96. The monoisotopic (exact) mass is 290 g/mol. The van der Waals surface area contributed by atoms with Crippen LogP contribution in [0, 0.1) is 5.92 Å². The number of methoxy groups -OCH3 is 1. The minimum Gasteiger partial charge on any atom is -0.467 e. The van der Waals surface area contributed by atoms with E-state index in [2.05, 4.69) is 5.32 Å². The van der Waals surface area contributed by atoms with Crippen molar-refractivity contribution in [2.75, 3.05) is 19.4 Å². The summed E-state index contributed by atoms with van der Waals surface area (Å²) in [6.07, 6.45) is 1.68. The Bertz CT molecular complexity index is 287. The lowest BCUT2D eigenvalue weighted by molar-refractivity contribution is -0.146. The molecule has 1 amide bonds. The van der Waals surface area contributed by atoms with Crippen molar-refractivity contribution in [1.29, 1.82) is 0 Å². The number of amides is 1. The number of ether oxygens (including phenoxy) is 1. The van der Waals surface area contributed by atoms with E-state index in [-0.39, 0.29) is 17.8 Å². The van der Waals surface area contributed by atoms with E-state index in [1.54, 1.807) is 11.8 Å². The van der Waals surface area contributed by atoms with E-state index in [4.69, 9.17) is 10.5 Å². The molecule has 0 fully saturated rings. The maximum absolute atomic E-state index is 11.8. The number of nitrogens with two attached hydrogens (primary N) is 1. The molecule has 0 aromatic rings. The first-order valence-electron chi connectivity index (χ1n) is 6.65. The molecule has 0 rings (SSSR count). The van der Waals surface area contributed by atoms with E-state index < -0.39 is 6.04 Å². The van der Waals surface area contributed by atoms with Crippen LogP contribution < -0.4 is 11.1 Å². The van der Waals surface area contributed by atoms with Crippen LogP contribution in [0.2, 0.25) is 0 Å². The molecule has 0 saturated heterocycles. The highest BCUT2D eigenvalue weighted by Gasteiger charge is 2.26. The summed E-state index contributed by atoms with van der Waals surface area (Å²) in [7, 11) is 1.34. The van der Waals surface area contributed by atoms with Gasteiger partial charge in [-0.3, -0.25) is 4.79 Å². The van der Waals surface area contributed by atoms with Crippen LogP contribution in [0.4, 0.5) is 0 Å². The Balaban J connectivity index is 4.27. The molecular weight excluding hydrogens is 264 g/mol. The highest BCUT2D eigenvalue weighted by molar-refractivity contribution is 8.00. The van der Waals surface area contributed by atoms with Gasteiger partial charge in [0, 0.05) is 5.25 Å². The maximum Gasteiger partial charge on any atom is 0.328 e. The zero-order valence-electron chi connectivity index (χ0n) is 12.3. The van der Waals surface area contributed by atoms with Crippen molar-refractivity contribution in [3.05, 3.63) is 0 Å². The van der Waals surface area contributed by atoms with Gasteiger partial charge in [0.1, 0.15) is 6.04 Å². The second-order valence-corrected chi connectivity index (χ2v) is 6.08. The lowest BCUT2D eigenvalue weighted by Crippen LogP contribution is -2.46. The summed E-state index contributed by atoms with van der Waals surface area (Å²) < 4.78 is 4.72. The fraction of sp³-hybridized carbons (Fsp3) is 0.846. The Labute approximate surface area is 120 Å². The van der Waals surface area contributed by atoms with E-state index in [0.717, 1.165) is 12.8 Å². The molecule has 0 aliphatic rings. The first kappa shape index (κ1) is 18.2. The summed E-state index contributed by atoms with van der Waals surface area (Å²) in [6, 6.07) is -0.562. The average molecular weight is 290 g/mol. The van der Waals surface area contributed by atoms with Crippen LogP contribution in [0.15, 0.2) is 0 Å². The molecule has 0 aromatic carbocycles. The molecule has 0 aliphatic carbocycles. The van der Waals surface area contributed by atoms with Crippen molar-refractivity contribution in [3.63, 3.8) is 0 Å². The SMILES string of the molecule is CCC(C)C(NC(=O)CSC(C)CCN)C(=O)OC. The number of carbonyl (C=O) groups excluding carboxylic acids is 2. The molecule has 0 spiro atoms. The molecule has 0 bridgehead atoms. The van der Waals surface area contributed by atoms with Crippen LogP contribution >= 0.6 is 11.8 Å². The van der Waals surface area contributed by atoms with Crippen LogP contribution in [0.5, 0.6) is 0 Å². The third-order valence-electron chi connectivity index (χ3n) is 3.06. The van der Waals surface area contributed by atoms with Crippen LogP contribution in [-0.2, 0) is 14.3 Å². The summed E-state index contributed by atoms with van der Waals surface area (Å²) in [5.74, 6) is -0.124. The summed E-state index contributed by atoms with van der Waals surface area (Å²) in [5, 5.41) is 3.09. The summed E-state index contributed by atoms with van der Waals surface area (Å²) in [4.78, 5) is 23.5. The lowest BCUT2D eigenvalue weighted by atomic mass is 9.99. The largest absolute Gasteiger partial charge is 0.467 e. The van der Waals surface area contributed by atoms with Gasteiger partial charge in [-0.2, -0.15) is 0 Å². The van der Waals surface area contributed by atoms with Crippen molar-refractivity contribution in [1.82, 2.24) is 5.32 Å². The number of hydrogen-bond acceptors (Lipinski definition) is 5. The van der Waals surface area contributed by atoms with Crippen LogP contribution in [0.25, 0.3) is 0 Å². The maximum atomic E-state index is 11.8. The van der Waals surface area contributed by atoms with Gasteiger partial charge in [-0.05, 0) is 18.9 Å². The number of nitrogens with one attached hydrogen (secondary N) is 1. The number of thioether (sulfide) groups is 1. The quantitative estimate of drug-likeness (QED) is 0.623. The molecule has 3 atom stereocenters. The van der Waals surface area contributed by atoms with Gasteiger partial charge in [0.15, 0.2) is 0 Å². The lowest BCUT2D eigenvalue weighted by Gasteiger charge is -2.22. The zero-order valence-corrected chi connectivity index (χ0v) is 13.1. The molecule has 0 heterocycles. The van der Waals surface area contributed by atoms with E-state index in [9.17, 15) is 9.59 Å². The Kier molecular flexibility index (Phi) is 9.69. The molecule has 0 radical (unpaired) electrons. The van der Waals surface area contributed by atoms with Gasteiger partial charge in [-0.25, -0.2) is 4.79 Å². The molecule has 3 N–H and O–H groups in total. The van der Waals surface area contributed by atoms with Crippen molar-refractivity contribution in [2.24, 2.45) is 11.7 Å². The van der Waals surface area contributed by atoms with Gasteiger partial charge in [0.2, 0.25) is 5.91 Å². The van der Waals surface area contributed by atoms with Crippen molar-refractivity contribution in [3.8, 4) is 0 Å². The highest BCUT2D eigenvalue weighted by Crippen LogP contribution is 2.14. The average Bonchev–Trinajstić information content (AvgIpc) is 2.41. The van der Waals surface area contributed by atoms with E-state index >= 15 is 0 Å². The summed E-state index contributed by atoms with van der Waals surface area (Å²) in [6.45, 7) is 6.56. The van der Waals surface area contributed by atoms with Gasteiger partial charge < -0.3 is 15.8 Å². The third-order valence-corrected chi connectivity index (χ3v) is 4.29. The molecule has 6 heteroatoms. The number of hydrogen-bond donors (Lipinski definition) is 2. The fourth-order valence-corrected chi connectivity index (χ4v) is 2.37. The Morgan fingerprint density at radius 1 is 1.37 bits per heavy atom. The predicted molar refractivity (Wildman–Crippen MR) is 79.0 cm³/mol. The topological polar surface area (TPSA) is 81.4 Å². The zero-order chi connectivity index (χ0) is 14.8. The smallest absolute Gasteiger partial charge is 0.328 e. The molecular formula is C13H26N2O3S. The number of rotatable bonds is 9. The second kappa shape index (κ2) is 10.1. The highest BCUT2D eigenvalue weighted by atomic mass is 32.2. The van der Waals surface area contributed by atoms with Gasteiger partial charge in [-0.15, -0.1) is 11.8 Å². The summed E-state index contributed by atoms with van der Waals surface area (Å²) >= 11 is 1.55. The van der Waals surface area contributed by atoms with Gasteiger partial charge in [0.05, 0.1) is 12.9 Å². The minimum absolute atomic E-state index is 0.0582. The third kappa shape index (κ3) is 7.42. The standard InChI is InChI=1S/C13H26N2O3S/c1-5-9(2)12(13(17)18-4)15-11(16)8-19-10(3)6-7-14/h9-10,12H,5-8,14H2,1-4H3,(H,15,16). The molecule has 0 aliphatic heterocycles. The molecule has 0 aromatic heterocycles. The second-order valence-electron chi connectivity index (χ2n) is 4.65. The Morgan fingerprint density at radius 3 is 2.47 bits per heavy atom. The van der Waals surface area contributed by atoms with Crippen LogP contribution in [0.1, 0.15) is 33.6 Å². The number of esters is 1. The molecule has 112 valence electrons. The van der Waals surface area contributed by atoms with E-state index in [0.29, 0.717) is 17.5 Å².